The van der Waals surface area contributed by atoms with Crippen molar-refractivity contribution in [1.29, 1.82) is 0 Å². The molecule has 4 aliphatic heterocycles. The molecule has 1 aromatic carbocycles. The summed E-state index contributed by atoms with van der Waals surface area (Å²) in [4.78, 5) is 17.9. The molecule has 2 unspecified atom stereocenters. The van der Waals surface area contributed by atoms with Crippen LogP contribution >= 0.6 is 0 Å². The first-order valence-corrected chi connectivity index (χ1v) is 11.6. The third-order valence-corrected chi connectivity index (χ3v) is 8.71. The fourth-order valence-electron chi connectivity index (χ4n) is 6.74. The first-order valence-electron chi connectivity index (χ1n) is 11.6. The molecule has 1 saturated carbocycles. The standard InChI is InChI=1S/C24H31FN2O2/c25-17-4-7-22-21(12-17)24(15-29-22)8-10-26(11-9-24)20-13-18-5-6-19(14-20)27(18)23(28)16-2-1-3-16/h4,7,12,16,18-20H,1-3,5-6,8-11,13-15H2. The Morgan fingerprint density at radius 1 is 1.03 bits per heavy atom. The molecule has 29 heavy (non-hydrogen) atoms. The molecule has 0 aromatic heterocycles. The van der Waals surface area contributed by atoms with E-state index in [0.29, 0.717) is 36.6 Å². The number of rotatable bonds is 2. The molecule has 156 valence electrons. The van der Waals surface area contributed by atoms with Crippen LogP contribution in [0.5, 0.6) is 5.75 Å². The van der Waals surface area contributed by atoms with Crippen LogP contribution in [0, 0.1) is 11.7 Å². The maximum absolute atomic E-state index is 13.9. The minimum Gasteiger partial charge on any atom is -0.492 e. The van der Waals surface area contributed by atoms with E-state index in [1.54, 1.807) is 12.1 Å². The molecule has 1 spiro atoms. The molecule has 1 amide bonds. The average Bonchev–Trinajstić information content (AvgIpc) is 3.15. The zero-order valence-electron chi connectivity index (χ0n) is 17.1. The summed E-state index contributed by atoms with van der Waals surface area (Å²) in [6.07, 6.45) is 10.2. The molecular weight excluding hydrogens is 367 g/mol. The molecule has 2 atom stereocenters. The maximum Gasteiger partial charge on any atom is 0.226 e. The van der Waals surface area contributed by atoms with E-state index in [4.69, 9.17) is 4.74 Å². The van der Waals surface area contributed by atoms with E-state index in [0.717, 1.165) is 62.9 Å². The lowest BCUT2D eigenvalue weighted by molar-refractivity contribution is -0.144. The van der Waals surface area contributed by atoms with Gasteiger partial charge in [-0.2, -0.15) is 0 Å². The zero-order valence-corrected chi connectivity index (χ0v) is 17.1. The zero-order chi connectivity index (χ0) is 19.6. The summed E-state index contributed by atoms with van der Waals surface area (Å²) in [7, 11) is 0. The number of halogens is 1. The predicted molar refractivity (Wildman–Crippen MR) is 108 cm³/mol. The SMILES string of the molecule is O=C(C1CCC1)N1C2CCC1CC(N1CCC3(CC1)COc1ccc(F)cc13)C2. The summed E-state index contributed by atoms with van der Waals surface area (Å²) in [5.41, 5.74) is 1.08. The first-order chi connectivity index (χ1) is 14.1. The molecule has 3 saturated heterocycles. The van der Waals surface area contributed by atoms with Crippen LogP contribution in [0.15, 0.2) is 18.2 Å². The van der Waals surface area contributed by atoms with Crippen LogP contribution < -0.4 is 4.74 Å². The number of hydrogen-bond acceptors (Lipinski definition) is 3. The Morgan fingerprint density at radius 3 is 2.41 bits per heavy atom. The van der Waals surface area contributed by atoms with Crippen LogP contribution in [0.3, 0.4) is 0 Å². The second-order valence-corrected chi connectivity index (χ2v) is 10.1. The van der Waals surface area contributed by atoms with Crippen LogP contribution in [-0.2, 0) is 10.2 Å². The number of fused-ring (bicyclic) bond motifs is 4. The number of hydrogen-bond donors (Lipinski definition) is 0. The molecule has 4 nitrogen and oxygen atoms in total. The number of carbonyl (C=O) groups excluding carboxylic acids is 1. The van der Waals surface area contributed by atoms with Crippen molar-refractivity contribution in [2.24, 2.45) is 5.92 Å². The van der Waals surface area contributed by atoms with Crippen molar-refractivity contribution in [3.63, 3.8) is 0 Å². The summed E-state index contributed by atoms with van der Waals surface area (Å²) < 4.78 is 19.8. The Kier molecular flexibility index (Phi) is 4.20. The highest BCUT2D eigenvalue weighted by atomic mass is 19.1. The number of carbonyl (C=O) groups is 1. The lowest BCUT2D eigenvalue weighted by Gasteiger charge is -2.48. The molecule has 4 fully saturated rings. The summed E-state index contributed by atoms with van der Waals surface area (Å²) in [6, 6.07) is 6.52. The normalized spacial score (nSPS) is 33.4. The van der Waals surface area contributed by atoms with Gasteiger partial charge in [-0.15, -0.1) is 0 Å². The van der Waals surface area contributed by atoms with Gasteiger partial charge in [0.15, 0.2) is 0 Å². The minimum atomic E-state index is -0.156. The molecule has 1 aromatic rings. The summed E-state index contributed by atoms with van der Waals surface area (Å²) in [5, 5.41) is 0. The maximum atomic E-state index is 13.9. The van der Waals surface area contributed by atoms with E-state index in [1.165, 1.54) is 25.3 Å². The number of ether oxygens (including phenoxy) is 1. The molecule has 6 rings (SSSR count). The average molecular weight is 399 g/mol. The summed E-state index contributed by atoms with van der Waals surface area (Å²) >= 11 is 0. The molecule has 0 radical (unpaired) electrons. The van der Waals surface area contributed by atoms with Crippen molar-refractivity contribution in [2.45, 2.75) is 81.3 Å². The number of piperidine rings is 2. The minimum absolute atomic E-state index is 0.00614. The van der Waals surface area contributed by atoms with Gasteiger partial charge in [-0.1, -0.05) is 6.42 Å². The monoisotopic (exact) mass is 398 g/mol. The van der Waals surface area contributed by atoms with Crippen molar-refractivity contribution >= 4 is 5.91 Å². The smallest absolute Gasteiger partial charge is 0.226 e. The van der Waals surface area contributed by atoms with E-state index < -0.39 is 0 Å². The lowest BCUT2D eigenvalue weighted by atomic mass is 9.74. The number of likely N-dealkylation sites (tertiary alicyclic amines) is 1. The molecule has 5 heteroatoms. The molecule has 1 aliphatic carbocycles. The van der Waals surface area contributed by atoms with E-state index in [2.05, 4.69) is 9.80 Å². The van der Waals surface area contributed by atoms with Crippen LogP contribution in [0.2, 0.25) is 0 Å². The van der Waals surface area contributed by atoms with Crippen LogP contribution in [0.1, 0.15) is 63.4 Å². The van der Waals surface area contributed by atoms with Gasteiger partial charge in [0.1, 0.15) is 11.6 Å². The second-order valence-electron chi connectivity index (χ2n) is 10.1. The number of nitrogens with zero attached hydrogens (tertiary/aromatic N) is 2. The first kappa shape index (κ1) is 18.2. The third kappa shape index (κ3) is 2.83. The molecule has 0 N–H and O–H groups in total. The van der Waals surface area contributed by atoms with Crippen LogP contribution in [0.25, 0.3) is 0 Å². The lowest BCUT2D eigenvalue weighted by Crippen LogP contribution is -2.56. The molecular formula is C24H31FN2O2. The summed E-state index contributed by atoms with van der Waals surface area (Å²) in [6.45, 7) is 2.80. The topological polar surface area (TPSA) is 32.8 Å². The largest absolute Gasteiger partial charge is 0.492 e. The van der Waals surface area contributed by atoms with Gasteiger partial charge in [-0.05, 0) is 82.7 Å². The van der Waals surface area contributed by atoms with E-state index in [1.807, 2.05) is 0 Å². The van der Waals surface area contributed by atoms with E-state index in [9.17, 15) is 9.18 Å². The van der Waals surface area contributed by atoms with Crippen molar-refractivity contribution in [3.8, 4) is 5.75 Å². The molecule has 2 bridgehead atoms. The van der Waals surface area contributed by atoms with Crippen LogP contribution in [-0.4, -0.2) is 53.5 Å². The van der Waals surface area contributed by atoms with E-state index >= 15 is 0 Å². The van der Waals surface area contributed by atoms with Gasteiger partial charge in [0.05, 0.1) is 6.61 Å². The van der Waals surface area contributed by atoms with Crippen molar-refractivity contribution < 1.29 is 13.9 Å². The van der Waals surface area contributed by atoms with E-state index in [-0.39, 0.29) is 11.2 Å². The second kappa shape index (κ2) is 6.69. The van der Waals surface area contributed by atoms with Gasteiger partial charge in [-0.3, -0.25) is 4.79 Å². The Labute approximate surface area is 172 Å². The Hall–Kier alpha value is -1.62. The van der Waals surface area contributed by atoms with Gasteiger partial charge in [-0.25, -0.2) is 4.39 Å². The fourth-order valence-corrected chi connectivity index (χ4v) is 6.74. The fraction of sp³-hybridized carbons (Fsp3) is 0.708. The number of benzene rings is 1. The Balaban J connectivity index is 1.12. The molecule has 4 heterocycles. The van der Waals surface area contributed by atoms with Gasteiger partial charge in [0.2, 0.25) is 5.91 Å². The quantitative estimate of drug-likeness (QED) is 0.758. The highest BCUT2D eigenvalue weighted by molar-refractivity contribution is 5.80. The Bertz CT molecular complexity index is 801. The van der Waals surface area contributed by atoms with Gasteiger partial charge in [0, 0.05) is 35.0 Å². The van der Waals surface area contributed by atoms with Gasteiger partial charge in [0.25, 0.3) is 0 Å². The Morgan fingerprint density at radius 2 is 1.76 bits per heavy atom. The predicted octanol–water partition coefficient (Wildman–Crippen LogP) is 3.87. The highest BCUT2D eigenvalue weighted by Crippen LogP contribution is 2.47. The highest BCUT2D eigenvalue weighted by Gasteiger charge is 2.49. The van der Waals surface area contributed by atoms with Crippen molar-refractivity contribution in [3.05, 3.63) is 29.6 Å². The van der Waals surface area contributed by atoms with Crippen LogP contribution in [0.4, 0.5) is 4.39 Å². The molecule has 5 aliphatic rings. The van der Waals surface area contributed by atoms with Gasteiger partial charge < -0.3 is 14.5 Å². The van der Waals surface area contributed by atoms with Crippen molar-refractivity contribution in [1.82, 2.24) is 9.80 Å². The third-order valence-electron chi connectivity index (χ3n) is 8.71. The van der Waals surface area contributed by atoms with Crippen molar-refractivity contribution in [2.75, 3.05) is 19.7 Å². The number of amides is 1. The van der Waals surface area contributed by atoms with Gasteiger partial charge >= 0.3 is 0 Å². The summed E-state index contributed by atoms with van der Waals surface area (Å²) in [5.74, 6) is 1.51.